The number of H-pyrrole nitrogens is 1. The lowest BCUT2D eigenvalue weighted by atomic mass is 9.96. The average Bonchev–Trinajstić information content (AvgIpc) is 2.87. The summed E-state index contributed by atoms with van der Waals surface area (Å²) < 4.78 is 28.0. The number of sulfonamides is 1. The Labute approximate surface area is 140 Å². The maximum atomic E-state index is 12.6. The Morgan fingerprint density at radius 3 is 2.95 bits per heavy atom. The zero-order valence-electron chi connectivity index (χ0n) is 12.0. The predicted octanol–water partition coefficient (Wildman–Crippen LogP) is 1.91. The number of nitrogens with one attached hydrogen (secondary N) is 3. The van der Waals surface area contributed by atoms with Crippen molar-refractivity contribution in [3.05, 3.63) is 23.5 Å². The topological polar surface area (TPSA) is 86.9 Å². The number of aromatic nitrogens is 2. The highest BCUT2D eigenvalue weighted by Gasteiger charge is 2.28. The van der Waals surface area contributed by atoms with Gasteiger partial charge in [0.05, 0.1) is 10.4 Å². The Hall–Kier alpha value is -0.860. The quantitative estimate of drug-likeness (QED) is 0.776. The summed E-state index contributed by atoms with van der Waals surface area (Å²) in [6.07, 6.45) is 3.92. The molecule has 0 spiro atoms. The van der Waals surface area contributed by atoms with Gasteiger partial charge in [0.2, 0.25) is 10.0 Å². The van der Waals surface area contributed by atoms with E-state index in [9.17, 15) is 8.42 Å². The third kappa shape index (κ3) is 3.23. The Bertz CT molecular complexity index is 762. The first-order valence-corrected chi connectivity index (χ1v) is 8.70. The molecule has 2 atom stereocenters. The maximum Gasteiger partial charge on any atom is 0.243 e. The smallest absolute Gasteiger partial charge is 0.243 e. The van der Waals surface area contributed by atoms with Gasteiger partial charge in [0, 0.05) is 25.0 Å². The van der Waals surface area contributed by atoms with Crippen LogP contribution < -0.4 is 10.0 Å². The van der Waals surface area contributed by atoms with E-state index in [1.54, 1.807) is 6.07 Å². The summed E-state index contributed by atoms with van der Waals surface area (Å²) in [6.45, 7) is 3.61. The molecular formula is C13H18Cl2N4O2S. The van der Waals surface area contributed by atoms with Crippen LogP contribution in [0.15, 0.2) is 23.4 Å². The largest absolute Gasteiger partial charge is 0.345 e. The highest BCUT2D eigenvalue weighted by Crippen LogP contribution is 2.28. The molecule has 0 amide bonds. The minimum absolute atomic E-state index is 0. The molecule has 2 aromatic heterocycles. The zero-order valence-corrected chi connectivity index (χ0v) is 14.4. The number of piperidine rings is 1. The SMILES string of the molecule is CC1CCNCC1NS(=O)(=O)c1c[nH]c2nccc(Cl)c12.Cl. The van der Waals surface area contributed by atoms with Gasteiger partial charge in [-0.25, -0.2) is 18.1 Å². The van der Waals surface area contributed by atoms with Crippen LogP contribution in [-0.2, 0) is 10.0 Å². The van der Waals surface area contributed by atoms with Crippen LogP contribution in [-0.4, -0.2) is 37.5 Å². The van der Waals surface area contributed by atoms with Crippen molar-refractivity contribution in [1.29, 1.82) is 0 Å². The van der Waals surface area contributed by atoms with E-state index in [-0.39, 0.29) is 23.3 Å². The van der Waals surface area contributed by atoms with E-state index in [2.05, 4.69) is 26.9 Å². The van der Waals surface area contributed by atoms with Crippen LogP contribution >= 0.6 is 24.0 Å². The molecule has 0 aliphatic carbocycles. The van der Waals surface area contributed by atoms with Crippen LogP contribution in [0.4, 0.5) is 0 Å². The van der Waals surface area contributed by atoms with Crippen molar-refractivity contribution in [3.8, 4) is 0 Å². The monoisotopic (exact) mass is 364 g/mol. The van der Waals surface area contributed by atoms with E-state index in [1.165, 1.54) is 12.4 Å². The Kier molecular flexibility index (Phi) is 5.34. The summed E-state index contributed by atoms with van der Waals surface area (Å²) in [5.74, 6) is 0.292. The molecular weight excluding hydrogens is 347 g/mol. The van der Waals surface area contributed by atoms with Crippen molar-refractivity contribution < 1.29 is 8.42 Å². The predicted molar refractivity (Wildman–Crippen MR) is 89.1 cm³/mol. The number of hydrogen-bond donors (Lipinski definition) is 3. The van der Waals surface area contributed by atoms with E-state index in [4.69, 9.17) is 11.6 Å². The van der Waals surface area contributed by atoms with Gasteiger partial charge in [-0.05, 0) is 24.9 Å². The van der Waals surface area contributed by atoms with Gasteiger partial charge in [-0.3, -0.25) is 0 Å². The summed E-state index contributed by atoms with van der Waals surface area (Å²) in [4.78, 5) is 7.09. The van der Waals surface area contributed by atoms with Crippen LogP contribution in [0.3, 0.4) is 0 Å². The molecule has 6 nitrogen and oxygen atoms in total. The molecule has 0 radical (unpaired) electrons. The molecule has 0 bridgehead atoms. The number of nitrogens with zero attached hydrogens (tertiary/aromatic N) is 1. The second-order valence-corrected chi connectivity index (χ2v) is 7.46. The summed E-state index contributed by atoms with van der Waals surface area (Å²) in [5, 5.41) is 4.01. The summed E-state index contributed by atoms with van der Waals surface area (Å²) in [5.41, 5.74) is 0.470. The lowest BCUT2D eigenvalue weighted by molar-refractivity contribution is 0.327. The Balaban J connectivity index is 0.00000176. The third-order valence-electron chi connectivity index (χ3n) is 3.91. The van der Waals surface area contributed by atoms with Gasteiger partial charge in [0.1, 0.15) is 10.5 Å². The molecule has 1 saturated heterocycles. The van der Waals surface area contributed by atoms with Gasteiger partial charge >= 0.3 is 0 Å². The minimum Gasteiger partial charge on any atom is -0.345 e. The van der Waals surface area contributed by atoms with E-state index in [0.717, 1.165) is 13.0 Å². The van der Waals surface area contributed by atoms with Crippen molar-refractivity contribution in [2.45, 2.75) is 24.3 Å². The normalized spacial score (nSPS) is 22.5. The van der Waals surface area contributed by atoms with Crippen LogP contribution in [0, 0.1) is 5.92 Å². The zero-order chi connectivity index (χ0) is 15.0. The van der Waals surface area contributed by atoms with E-state index in [1.807, 2.05) is 0 Å². The molecule has 3 heterocycles. The number of fused-ring (bicyclic) bond motifs is 1. The fraction of sp³-hybridized carbons (Fsp3) is 0.462. The Morgan fingerprint density at radius 1 is 1.45 bits per heavy atom. The van der Waals surface area contributed by atoms with E-state index < -0.39 is 10.0 Å². The van der Waals surface area contributed by atoms with Crippen LogP contribution in [0.5, 0.6) is 0 Å². The van der Waals surface area contributed by atoms with Gasteiger partial charge in [0.25, 0.3) is 0 Å². The molecule has 1 fully saturated rings. The second-order valence-electron chi connectivity index (χ2n) is 5.37. The van der Waals surface area contributed by atoms with Gasteiger partial charge in [-0.15, -0.1) is 12.4 Å². The van der Waals surface area contributed by atoms with Crippen molar-refractivity contribution in [2.24, 2.45) is 5.92 Å². The van der Waals surface area contributed by atoms with Gasteiger partial charge in [-0.2, -0.15) is 0 Å². The number of halogens is 2. The summed E-state index contributed by atoms with van der Waals surface area (Å²) >= 11 is 6.12. The minimum atomic E-state index is -3.64. The first-order chi connectivity index (χ1) is 9.99. The number of hydrogen-bond acceptors (Lipinski definition) is 4. The highest BCUT2D eigenvalue weighted by molar-refractivity contribution is 7.89. The molecule has 0 aromatic carbocycles. The van der Waals surface area contributed by atoms with Gasteiger partial charge in [0.15, 0.2) is 0 Å². The lowest BCUT2D eigenvalue weighted by Crippen LogP contribution is -2.50. The molecule has 2 aromatic rings. The van der Waals surface area contributed by atoms with Gasteiger partial charge < -0.3 is 10.3 Å². The Morgan fingerprint density at radius 2 is 2.23 bits per heavy atom. The van der Waals surface area contributed by atoms with E-state index in [0.29, 0.717) is 28.5 Å². The van der Waals surface area contributed by atoms with Crippen LogP contribution in [0.25, 0.3) is 11.0 Å². The maximum absolute atomic E-state index is 12.6. The highest BCUT2D eigenvalue weighted by atomic mass is 35.5. The molecule has 1 aliphatic heterocycles. The fourth-order valence-corrected chi connectivity index (χ4v) is 4.44. The van der Waals surface area contributed by atoms with Crippen molar-refractivity contribution >= 4 is 45.1 Å². The van der Waals surface area contributed by atoms with Crippen LogP contribution in [0.1, 0.15) is 13.3 Å². The first-order valence-electron chi connectivity index (χ1n) is 6.83. The lowest BCUT2D eigenvalue weighted by Gasteiger charge is -2.29. The second kappa shape index (κ2) is 6.72. The number of pyridine rings is 1. The molecule has 22 heavy (non-hydrogen) atoms. The standard InChI is InChI=1S/C13H17ClN4O2S.ClH/c1-8-2-4-15-6-10(8)18-21(19,20)11-7-17-13-12(11)9(14)3-5-16-13;/h3,5,7-8,10,15,18H,2,4,6H2,1H3,(H,16,17);1H. The molecule has 3 N–H and O–H groups in total. The fourth-order valence-electron chi connectivity index (χ4n) is 2.61. The molecule has 0 saturated carbocycles. The van der Waals surface area contributed by atoms with Crippen LogP contribution in [0.2, 0.25) is 5.02 Å². The molecule has 2 unspecified atom stereocenters. The summed E-state index contributed by atoms with van der Waals surface area (Å²) in [7, 11) is -3.64. The van der Waals surface area contributed by atoms with Crippen molar-refractivity contribution in [2.75, 3.05) is 13.1 Å². The van der Waals surface area contributed by atoms with E-state index >= 15 is 0 Å². The first kappa shape index (κ1) is 17.5. The van der Waals surface area contributed by atoms with Crippen molar-refractivity contribution in [1.82, 2.24) is 20.0 Å². The summed E-state index contributed by atoms with van der Waals surface area (Å²) in [6, 6.07) is 1.46. The number of aromatic amines is 1. The molecule has 1 aliphatic rings. The van der Waals surface area contributed by atoms with Crippen molar-refractivity contribution in [3.63, 3.8) is 0 Å². The molecule has 122 valence electrons. The third-order valence-corrected chi connectivity index (χ3v) is 5.74. The average molecular weight is 365 g/mol. The number of rotatable bonds is 3. The molecule has 3 rings (SSSR count). The molecule has 9 heteroatoms. The van der Waals surface area contributed by atoms with Gasteiger partial charge in [-0.1, -0.05) is 18.5 Å².